The Bertz CT molecular complexity index is 457. The van der Waals surface area contributed by atoms with Crippen LogP contribution >= 0.6 is 0 Å². The minimum Gasteiger partial charge on any atom is -0.355 e. The summed E-state index contributed by atoms with van der Waals surface area (Å²) < 4.78 is 0. The van der Waals surface area contributed by atoms with Gasteiger partial charge in [0.05, 0.1) is 6.04 Å². The van der Waals surface area contributed by atoms with Gasteiger partial charge in [-0.25, -0.2) is 0 Å². The topological polar surface area (TPSA) is 61.6 Å². The molecular formula is C18H30N4O. The van der Waals surface area contributed by atoms with E-state index in [4.69, 9.17) is 5.73 Å². The molecule has 0 saturated carbocycles. The van der Waals surface area contributed by atoms with Crippen LogP contribution in [-0.2, 0) is 11.2 Å². The number of nitrogens with one attached hydrogen (secondary N) is 1. The summed E-state index contributed by atoms with van der Waals surface area (Å²) in [6.07, 6.45) is 1.57. The Hall–Kier alpha value is -1.43. The lowest BCUT2D eigenvalue weighted by Gasteiger charge is -2.34. The molecule has 1 amide bonds. The van der Waals surface area contributed by atoms with Gasteiger partial charge in [0.2, 0.25) is 5.91 Å². The number of hydrogen-bond acceptors (Lipinski definition) is 4. The van der Waals surface area contributed by atoms with E-state index < -0.39 is 6.04 Å². The first-order valence-corrected chi connectivity index (χ1v) is 8.71. The molecule has 1 aliphatic heterocycles. The van der Waals surface area contributed by atoms with Gasteiger partial charge in [0.15, 0.2) is 0 Å². The van der Waals surface area contributed by atoms with Crippen LogP contribution in [0, 0.1) is 0 Å². The maximum absolute atomic E-state index is 12.0. The van der Waals surface area contributed by atoms with Crippen LogP contribution in [0.5, 0.6) is 0 Å². The molecule has 5 heteroatoms. The van der Waals surface area contributed by atoms with Crippen molar-refractivity contribution in [2.24, 2.45) is 5.73 Å². The molecule has 1 unspecified atom stereocenters. The maximum atomic E-state index is 12.0. The number of rotatable bonds is 8. The van der Waals surface area contributed by atoms with Gasteiger partial charge in [-0.05, 0) is 31.5 Å². The van der Waals surface area contributed by atoms with Crippen molar-refractivity contribution in [3.8, 4) is 0 Å². The van der Waals surface area contributed by atoms with E-state index in [-0.39, 0.29) is 5.91 Å². The van der Waals surface area contributed by atoms with Gasteiger partial charge in [0.25, 0.3) is 0 Å². The van der Waals surface area contributed by atoms with E-state index >= 15 is 0 Å². The van der Waals surface area contributed by atoms with E-state index in [0.717, 1.165) is 51.3 Å². The van der Waals surface area contributed by atoms with E-state index in [1.54, 1.807) is 0 Å². The molecule has 5 nitrogen and oxygen atoms in total. The van der Waals surface area contributed by atoms with Crippen molar-refractivity contribution in [3.63, 3.8) is 0 Å². The number of carbonyl (C=O) groups excluding carboxylic acids is 1. The fraction of sp³-hybridized carbons (Fsp3) is 0.611. The summed E-state index contributed by atoms with van der Waals surface area (Å²) in [4.78, 5) is 17.0. The van der Waals surface area contributed by atoms with Gasteiger partial charge >= 0.3 is 0 Å². The maximum Gasteiger partial charge on any atom is 0.237 e. The number of nitrogens with two attached hydrogens (primary N) is 1. The molecule has 0 aromatic heterocycles. The SMILES string of the molecule is CCN1CCN(CCCNC(=O)C(N)Cc2ccccc2)CC1. The molecule has 1 aliphatic rings. The number of likely N-dealkylation sites (N-methyl/N-ethyl adjacent to an activating group) is 1. The number of benzene rings is 1. The summed E-state index contributed by atoms with van der Waals surface area (Å²) in [7, 11) is 0. The third-order valence-electron chi connectivity index (χ3n) is 4.50. The summed E-state index contributed by atoms with van der Waals surface area (Å²) in [6.45, 7) is 9.69. The quantitative estimate of drug-likeness (QED) is 0.693. The van der Waals surface area contributed by atoms with Crippen molar-refractivity contribution in [2.45, 2.75) is 25.8 Å². The summed E-state index contributed by atoms with van der Waals surface area (Å²) in [6, 6.07) is 9.45. The van der Waals surface area contributed by atoms with Crippen LogP contribution in [0.4, 0.5) is 0 Å². The molecule has 1 aromatic rings. The van der Waals surface area contributed by atoms with Gasteiger partial charge in [0, 0.05) is 32.7 Å². The lowest BCUT2D eigenvalue weighted by Crippen LogP contribution is -2.47. The van der Waals surface area contributed by atoms with Gasteiger partial charge in [-0.3, -0.25) is 4.79 Å². The molecule has 1 heterocycles. The largest absolute Gasteiger partial charge is 0.355 e. The lowest BCUT2D eigenvalue weighted by atomic mass is 10.1. The summed E-state index contributed by atoms with van der Waals surface area (Å²) in [5, 5.41) is 2.96. The minimum absolute atomic E-state index is 0.0512. The first-order valence-electron chi connectivity index (χ1n) is 8.71. The van der Waals surface area contributed by atoms with Crippen LogP contribution < -0.4 is 11.1 Å². The van der Waals surface area contributed by atoms with E-state index in [2.05, 4.69) is 22.0 Å². The third-order valence-corrected chi connectivity index (χ3v) is 4.50. The fourth-order valence-electron chi connectivity index (χ4n) is 2.94. The second kappa shape index (κ2) is 9.65. The Balaban J connectivity index is 1.58. The van der Waals surface area contributed by atoms with Gasteiger partial charge in [-0.1, -0.05) is 37.3 Å². The normalized spacial score (nSPS) is 17.8. The molecule has 1 saturated heterocycles. The van der Waals surface area contributed by atoms with Crippen LogP contribution in [0.25, 0.3) is 0 Å². The lowest BCUT2D eigenvalue weighted by molar-refractivity contribution is -0.122. The molecule has 3 N–H and O–H groups in total. The molecule has 1 atom stereocenters. The highest BCUT2D eigenvalue weighted by molar-refractivity contribution is 5.81. The second-order valence-electron chi connectivity index (χ2n) is 6.22. The molecular weight excluding hydrogens is 288 g/mol. The van der Waals surface area contributed by atoms with Crippen LogP contribution in [0.3, 0.4) is 0 Å². The number of carbonyl (C=O) groups is 1. The first-order chi connectivity index (χ1) is 11.2. The van der Waals surface area contributed by atoms with E-state index in [0.29, 0.717) is 13.0 Å². The third kappa shape index (κ3) is 6.29. The fourth-order valence-corrected chi connectivity index (χ4v) is 2.94. The zero-order valence-electron chi connectivity index (χ0n) is 14.2. The zero-order valence-corrected chi connectivity index (χ0v) is 14.2. The van der Waals surface area contributed by atoms with Crippen molar-refractivity contribution >= 4 is 5.91 Å². The number of amides is 1. The highest BCUT2D eigenvalue weighted by Gasteiger charge is 2.16. The summed E-state index contributed by atoms with van der Waals surface area (Å²) in [5.74, 6) is -0.0512. The Labute approximate surface area is 139 Å². The van der Waals surface area contributed by atoms with E-state index in [9.17, 15) is 4.79 Å². The Morgan fingerprint density at radius 2 is 1.83 bits per heavy atom. The van der Waals surface area contributed by atoms with Gasteiger partial charge in [0.1, 0.15) is 0 Å². The van der Waals surface area contributed by atoms with E-state index in [1.807, 2.05) is 30.3 Å². The molecule has 23 heavy (non-hydrogen) atoms. The molecule has 0 spiro atoms. The molecule has 128 valence electrons. The first kappa shape index (κ1) is 17.9. The highest BCUT2D eigenvalue weighted by Crippen LogP contribution is 2.03. The molecule has 1 aromatic carbocycles. The predicted molar refractivity (Wildman–Crippen MR) is 94.3 cm³/mol. The van der Waals surface area contributed by atoms with Crippen LogP contribution in [0.2, 0.25) is 0 Å². The van der Waals surface area contributed by atoms with Crippen LogP contribution in [0.15, 0.2) is 30.3 Å². The average Bonchev–Trinajstić information content (AvgIpc) is 2.60. The predicted octanol–water partition coefficient (Wildman–Crippen LogP) is 0.700. The summed E-state index contributed by atoms with van der Waals surface area (Å²) >= 11 is 0. The summed E-state index contributed by atoms with van der Waals surface area (Å²) in [5.41, 5.74) is 7.08. The van der Waals surface area contributed by atoms with Crippen LogP contribution in [0.1, 0.15) is 18.9 Å². The highest BCUT2D eigenvalue weighted by atomic mass is 16.2. The van der Waals surface area contributed by atoms with Crippen molar-refractivity contribution in [1.29, 1.82) is 0 Å². The van der Waals surface area contributed by atoms with Crippen molar-refractivity contribution < 1.29 is 4.79 Å². The smallest absolute Gasteiger partial charge is 0.237 e. The second-order valence-corrected chi connectivity index (χ2v) is 6.22. The molecule has 2 rings (SSSR count). The van der Waals surface area contributed by atoms with Gasteiger partial charge in [-0.15, -0.1) is 0 Å². The molecule has 0 aliphatic carbocycles. The minimum atomic E-state index is -0.467. The van der Waals surface area contributed by atoms with E-state index in [1.165, 1.54) is 0 Å². The number of hydrogen-bond donors (Lipinski definition) is 2. The zero-order chi connectivity index (χ0) is 16.5. The molecule has 0 radical (unpaired) electrons. The Kier molecular flexibility index (Phi) is 7.52. The number of piperazine rings is 1. The standard InChI is InChI=1S/C18H30N4O/c1-2-21-11-13-22(14-12-21)10-6-9-20-18(23)17(19)15-16-7-4-3-5-8-16/h3-5,7-8,17H,2,6,9-15,19H2,1H3,(H,20,23). The molecule has 0 bridgehead atoms. The monoisotopic (exact) mass is 318 g/mol. The average molecular weight is 318 g/mol. The van der Waals surface area contributed by atoms with Crippen molar-refractivity contribution in [2.75, 3.05) is 45.8 Å². The van der Waals surface area contributed by atoms with Crippen molar-refractivity contribution in [3.05, 3.63) is 35.9 Å². The van der Waals surface area contributed by atoms with Crippen LogP contribution in [-0.4, -0.2) is 67.6 Å². The van der Waals surface area contributed by atoms with Gasteiger partial charge < -0.3 is 20.9 Å². The van der Waals surface area contributed by atoms with Gasteiger partial charge in [-0.2, -0.15) is 0 Å². The Morgan fingerprint density at radius 1 is 1.17 bits per heavy atom. The number of nitrogens with zero attached hydrogens (tertiary/aromatic N) is 2. The molecule has 1 fully saturated rings. The van der Waals surface area contributed by atoms with Crippen molar-refractivity contribution in [1.82, 2.24) is 15.1 Å². The Morgan fingerprint density at radius 3 is 2.48 bits per heavy atom.